The second kappa shape index (κ2) is 9.20. The average molecular weight is 616 g/mol. The first-order valence-corrected chi connectivity index (χ1v) is 12.2. The molecule has 0 unspecified atom stereocenters. The van der Waals surface area contributed by atoms with Gasteiger partial charge < -0.3 is 4.74 Å². The summed E-state index contributed by atoms with van der Waals surface area (Å²) < 4.78 is 71.0. The van der Waals surface area contributed by atoms with Crippen LogP contribution in [0.3, 0.4) is 0 Å². The number of carbonyl (C=O) groups excluding carboxylic acids is 1. The van der Waals surface area contributed by atoms with Gasteiger partial charge in [0.15, 0.2) is 6.73 Å². The number of hydrogen-bond donors (Lipinski definition) is 0. The Morgan fingerprint density at radius 3 is 2.16 bits per heavy atom. The molecule has 0 atom stereocenters. The van der Waals surface area contributed by atoms with Crippen LogP contribution in [0.15, 0.2) is 62.5 Å². The number of aromatic nitrogens is 1. The molecule has 0 fully saturated rings. The second-order valence-electron chi connectivity index (χ2n) is 6.59. The van der Waals surface area contributed by atoms with Crippen LogP contribution in [0.2, 0.25) is 5.02 Å². The molecule has 0 aliphatic rings. The molecule has 0 N–H and O–H groups in total. The van der Waals surface area contributed by atoms with Crippen LogP contribution in [-0.4, -0.2) is 24.5 Å². The molecule has 0 radical (unpaired) electrons. The molecule has 0 saturated heterocycles. The molecule has 0 aliphatic carbocycles. The summed E-state index contributed by atoms with van der Waals surface area (Å²) in [6.07, 6.45) is 0. The molecular formula is C20H13Br2ClF3NO4S. The second-order valence-corrected chi connectivity index (χ2v) is 10.5. The maximum atomic E-state index is 13.4. The van der Waals surface area contributed by atoms with Gasteiger partial charge in [-0.2, -0.15) is 13.2 Å². The molecular weight excluding hydrogens is 603 g/mol. The third-order valence-electron chi connectivity index (χ3n) is 4.41. The first-order valence-electron chi connectivity index (χ1n) is 8.73. The highest BCUT2D eigenvalue weighted by molar-refractivity contribution is 9.13. The van der Waals surface area contributed by atoms with Crippen LogP contribution < -0.4 is 0 Å². The number of rotatable bonds is 5. The number of nitrogens with zero attached hydrogens (tertiary/aromatic N) is 1. The summed E-state index contributed by atoms with van der Waals surface area (Å²) in [5, 5.41) is 0.302. The van der Waals surface area contributed by atoms with Gasteiger partial charge in [-0.15, -0.1) is 0 Å². The van der Waals surface area contributed by atoms with Gasteiger partial charge in [-0.05, 0) is 68.6 Å². The van der Waals surface area contributed by atoms with Crippen molar-refractivity contribution in [2.75, 3.05) is 0 Å². The van der Waals surface area contributed by atoms with E-state index in [2.05, 4.69) is 31.9 Å². The standard InChI is InChI=1S/C20H13Br2ClF3NO4S/c1-11-2-4-13(5-3-11)19(28)31-10-27-16(12-6-8-14(23)9-7-12)17(15(21)18(27)22)32(29,30)20(24,25)26/h2-9H,10H2,1H3. The van der Waals surface area contributed by atoms with Crippen LogP contribution in [0.4, 0.5) is 13.2 Å². The van der Waals surface area contributed by atoms with Crippen LogP contribution >= 0.6 is 43.5 Å². The zero-order valence-corrected chi connectivity index (χ0v) is 20.8. The number of halogens is 6. The molecule has 0 spiro atoms. The highest BCUT2D eigenvalue weighted by atomic mass is 79.9. The minimum atomic E-state index is -5.76. The number of esters is 1. The fourth-order valence-electron chi connectivity index (χ4n) is 2.81. The molecule has 2 aromatic carbocycles. The summed E-state index contributed by atoms with van der Waals surface area (Å²) in [5.74, 6) is -0.732. The van der Waals surface area contributed by atoms with E-state index in [1.54, 1.807) is 12.1 Å². The van der Waals surface area contributed by atoms with Gasteiger partial charge in [0.05, 0.1) is 15.7 Å². The largest absolute Gasteiger partial charge is 0.502 e. The van der Waals surface area contributed by atoms with E-state index in [-0.39, 0.29) is 25.9 Å². The topological polar surface area (TPSA) is 65.4 Å². The van der Waals surface area contributed by atoms with E-state index in [9.17, 15) is 26.4 Å². The van der Waals surface area contributed by atoms with Crippen LogP contribution in [0.25, 0.3) is 11.3 Å². The molecule has 170 valence electrons. The average Bonchev–Trinajstić information content (AvgIpc) is 2.97. The van der Waals surface area contributed by atoms with Crippen LogP contribution in [0, 0.1) is 6.92 Å². The van der Waals surface area contributed by atoms with E-state index >= 15 is 0 Å². The Balaban J connectivity index is 2.13. The summed E-state index contributed by atoms with van der Waals surface area (Å²) in [4.78, 5) is 11.4. The normalized spacial score (nSPS) is 12.1. The SMILES string of the molecule is Cc1ccc(C(=O)OCn2c(Br)c(Br)c(S(=O)(=O)C(F)(F)F)c2-c2ccc(Cl)cc2)cc1. The van der Waals surface area contributed by atoms with Crippen molar-refractivity contribution in [3.63, 3.8) is 0 Å². The summed E-state index contributed by atoms with van der Waals surface area (Å²) in [6.45, 7) is 1.28. The van der Waals surface area contributed by atoms with Gasteiger partial charge in [-0.1, -0.05) is 41.4 Å². The number of hydrogen-bond acceptors (Lipinski definition) is 4. The Bertz CT molecular complexity index is 1270. The fourth-order valence-corrected chi connectivity index (χ4v) is 5.63. The lowest BCUT2D eigenvalue weighted by atomic mass is 10.1. The number of alkyl halides is 3. The number of ether oxygens (including phenoxy) is 1. The molecule has 32 heavy (non-hydrogen) atoms. The van der Waals surface area contributed by atoms with Gasteiger partial charge in [0.2, 0.25) is 0 Å². The van der Waals surface area contributed by atoms with Crippen molar-refractivity contribution < 1.29 is 31.1 Å². The van der Waals surface area contributed by atoms with Crippen molar-refractivity contribution in [1.29, 1.82) is 0 Å². The summed E-state index contributed by atoms with van der Waals surface area (Å²) >= 11 is 11.9. The zero-order chi connectivity index (χ0) is 23.8. The van der Waals surface area contributed by atoms with Crippen LogP contribution in [0.5, 0.6) is 0 Å². The molecule has 3 aromatic rings. The first kappa shape index (κ1) is 24.8. The van der Waals surface area contributed by atoms with Crippen molar-refractivity contribution in [2.45, 2.75) is 24.1 Å². The third-order valence-corrected chi connectivity index (χ3v) is 8.59. The summed E-state index contributed by atoms with van der Waals surface area (Å²) in [7, 11) is -5.76. The first-order chi connectivity index (χ1) is 14.8. The van der Waals surface area contributed by atoms with E-state index in [1.807, 2.05) is 6.92 Å². The lowest BCUT2D eigenvalue weighted by molar-refractivity contribution is -0.0436. The van der Waals surface area contributed by atoms with Crippen molar-refractivity contribution in [2.24, 2.45) is 0 Å². The monoisotopic (exact) mass is 613 g/mol. The van der Waals surface area contributed by atoms with Gasteiger partial charge >= 0.3 is 11.5 Å². The van der Waals surface area contributed by atoms with Gasteiger partial charge in [0, 0.05) is 5.02 Å². The number of carbonyl (C=O) groups is 1. The van der Waals surface area contributed by atoms with Crippen molar-refractivity contribution in [3.05, 3.63) is 73.8 Å². The zero-order valence-electron chi connectivity index (χ0n) is 16.1. The molecule has 5 nitrogen and oxygen atoms in total. The van der Waals surface area contributed by atoms with E-state index in [4.69, 9.17) is 16.3 Å². The molecule has 0 saturated carbocycles. The van der Waals surface area contributed by atoms with Crippen LogP contribution in [-0.2, 0) is 21.3 Å². The van der Waals surface area contributed by atoms with E-state index in [0.29, 0.717) is 5.02 Å². The van der Waals surface area contributed by atoms with Crippen molar-refractivity contribution in [1.82, 2.24) is 4.57 Å². The van der Waals surface area contributed by atoms with Crippen LogP contribution in [0.1, 0.15) is 15.9 Å². The Kier molecular flexibility index (Phi) is 7.14. The van der Waals surface area contributed by atoms with Gasteiger partial charge in [-0.3, -0.25) is 4.57 Å². The quantitative estimate of drug-likeness (QED) is 0.298. The molecule has 3 rings (SSSR count). The Hall–Kier alpha value is -1.82. The fraction of sp³-hybridized carbons (Fsp3) is 0.150. The summed E-state index contributed by atoms with van der Waals surface area (Å²) in [6, 6.07) is 12.0. The molecule has 1 heterocycles. The lowest BCUT2D eigenvalue weighted by Gasteiger charge is -2.14. The lowest BCUT2D eigenvalue weighted by Crippen LogP contribution is -2.24. The van der Waals surface area contributed by atoms with Gasteiger partial charge in [-0.25, -0.2) is 13.2 Å². The number of sulfone groups is 1. The predicted molar refractivity (Wildman–Crippen MR) is 120 cm³/mol. The van der Waals surface area contributed by atoms with Gasteiger partial charge in [0.25, 0.3) is 9.84 Å². The minimum absolute atomic E-state index is 0.0537. The van der Waals surface area contributed by atoms with E-state index < -0.39 is 32.9 Å². The third kappa shape index (κ3) is 4.75. The molecule has 0 aliphatic heterocycles. The predicted octanol–water partition coefficient (Wildman–Crippen LogP) is 6.75. The van der Waals surface area contributed by atoms with Gasteiger partial charge in [0.1, 0.15) is 9.50 Å². The Labute approximate surface area is 203 Å². The highest BCUT2D eigenvalue weighted by Gasteiger charge is 2.50. The molecule has 12 heteroatoms. The Morgan fingerprint density at radius 1 is 1.06 bits per heavy atom. The molecule has 0 bridgehead atoms. The van der Waals surface area contributed by atoms with E-state index in [0.717, 1.165) is 10.1 Å². The number of aryl methyl sites for hydroxylation is 1. The molecule has 0 amide bonds. The highest BCUT2D eigenvalue weighted by Crippen LogP contribution is 2.46. The minimum Gasteiger partial charge on any atom is -0.440 e. The smallest absolute Gasteiger partial charge is 0.440 e. The number of benzene rings is 2. The van der Waals surface area contributed by atoms with Crippen molar-refractivity contribution >= 4 is 59.3 Å². The maximum Gasteiger partial charge on any atom is 0.502 e. The molecule has 1 aromatic heterocycles. The Morgan fingerprint density at radius 2 is 1.62 bits per heavy atom. The maximum absolute atomic E-state index is 13.4. The summed E-state index contributed by atoms with van der Waals surface area (Å²) in [5.41, 5.74) is -4.61. The van der Waals surface area contributed by atoms with E-state index in [1.165, 1.54) is 36.4 Å². The van der Waals surface area contributed by atoms with Crippen molar-refractivity contribution in [3.8, 4) is 11.3 Å².